The summed E-state index contributed by atoms with van der Waals surface area (Å²) in [5.74, 6) is -0.518. The van der Waals surface area contributed by atoms with Crippen LogP contribution in [0.15, 0.2) is 81.6 Å². The zero-order chi connectivity index (χ0) is 15.4. The van der Waals surface area contributed by atoms with Gasteiger partial charge in [0.05, 0.1) is 12.2 Å². The zero-order valence-corrected chi connectivity index (χ0v) is 12.7. The maximum absolute atomic E-state index is 11.7. The Kier molecular flexibility index (Phi) is 4.25. The van der Waals surface area contributed by atoms with Gasteiger partial charge in [-0.25, -0.2) is 0 Å². The minimum Gasteiger partial charge on any atom is -0.364 e. The number of hydrogen-bond acceptors (Lipinski definition) is 4. The highest BCUT2D eigenvalue weighted by Crippen LogP contribution is 2.30. The van der Waals surface area contributed by atoms with Crippen LogP contribution in [0.25, 0.3) is 0 Å². The molecule has 3 rings (SSSR count). The average Bonchev–Trinajstić information content (AvgIpc) is 2.57. The Balaban J connectivity index is 1.86. The van der Waals surface area contributed by atoms with Gasteiger partial charge in [0.25, 0.3) is 5.91 Å². The van der Waals surface area contributed by atoms with E-state index in [0.717, 1.165) is 15.5 Å². The maximum Gasteiger partial charge on any atom is 0.270 e. The third-order valence-corrected chi connectivity index (χ3v) is 4.25. The molecule has 110 valence electrons. The lowest BCUT2D eigenvalue weighted by atomic mass is 10.2. The highest BCUT2D eigenvalue weighted by molar-refractivity contribution is 8.04. The molecule has 0 saturated heterocycles. The second-order valence-corrected chi connectivity index (χ2v) is 5.83. The van der Waals surface area contributed by atoms with E-state index in [4.69, 9.17) is 5.73 Å². The summed E-state index contributed by atoms with van der Waals surface area (Å²) in [6.45, 7) is 0.607. The van der Waals surface area contributed by atoms with E-state index < -0.39 is 5.91 Å². The van der Waals surface area contributed by atoms with Crippen molar-refractivity contribution in [2.24, 2.45) is 10.8 Å². The van der Waals surface area contributed by atoms with Crippen molar-refractivity contribution in [1.82, 2.24) is 0 Å². The molecule has 0 radical (unpaired) electrons. The molecule has 1 amide bonds. The van der Waals surface area contributed by atoms with Crippen LogP contribution in [0.4, 0.5) is 5.69 Å². The van der Waals surface area contributed by atoms with Crippen LogP contribution < -0.4 is 10.7 Å². The summed E-state index contributed by atoms with van der Waals surface area (Å²) >= 11 is 1.50. The number of amides is 1. The Morgan fingerprint density at radius 2 is 1.68 bits per heavy atom. The van der Waals surface area contributed by atoms with Gasteiger partial charge in [0.15, 0.2) is 5.71 Å². The molecule has 0 atom stereocenters. The van der Waals surface area contributed by atoms with E-state index in [9.17, 15) is 4.79 Å². The van der Waals surface area contributed by atoms with E-state index in [1.807, 2.05) is 66.7 Å². The van der Waals surface area contributed by atoms with Gasteiger partial charge in [-0.2, -0.15) is 5.10 Å². The Morgan fingerprint density at radius 3 is 2.32 bits per heavy atom. The minimum atomic E-state index is -0.518. The predicted octanol–water partition coefficient (Wildman–Crippen LogP) is 3.02. The lowest BCUT2D eigenvalue weighted by Crippen LogP contribution is -2.32. The molecule has 0 saturated carbocycles. The lowest BCUT2D eigenvalue weighted by molar-refractivity contribution is -0.111. The fourth-order valence-electron chi connectivity index (χ4n) is 2.12. The van der Waals surface area contributed by atoms with Crippen LogP contribution in [-0.4, -0.2) is 18.2 Å². The number of carbonyl (C=O) groups excluding carboxylic acids is 1. The maximum atomic E-state index is 11.7. The molecule has 2 aromatic carbocycles. The van der Waals surface area contributed by atoms with Crippen molar-refractivity contribution >= 4 is 29.1 Å². The van der Waals surface area contributed by atoms with Crippen LogP contribution in [0.2, 0.25) is 0 Å². The Morgan fingerprint density at radius 1 is 1.05 bits per heavy atom. The van der Waals surface area contributed by atoms with Crippen LogP contribution >= 0.6 is 11.8 Å². The Bertz CT molecular complexity index is 726. The number of rotatable bonds is 4. The monoisotopic (exact) mass is 309 g/mol. The van der Waals surface area contributed by atoms with Crippen LogP contribution in [-0.2, 0) is 4.79 Å². The number of nitrogens with two attached hydrogens (primary N) is 1. The van der Waals surface area contributed by atoms with Crippen molar-refractivity contribution in [3.63, 3.8) is 0 Å². The number of primary amides is 1. The second-order valence-electron chi connectivity index (χ2n) is 4.71. The molecule has 4 nitrogen and oxygen atoms in total. The molecule has 0 aliphatic carbocycles. The first-order chi connectivity index (χ1) is 10.7. The summed E-state index contributed by atoms with van der Waals surface area (Å²) in [6, 6.07) is 19.6. The summed E-state index contributed by atoms with van der Waals surface area (Å²) in [5, 5.41) is 6.19. The molecule has 22 heavy (non-hydrogen) atoms. The van der Waals surface area contributed by atoms with Crippen LogP contribution in [0.3, 0.4) is 0 Å². The highest BCUT2D eigenvalue weighted by Gasteiger charge is 2.21. The van der Waals surface area contributed by atoms with Gasteiger partial charge in [-0.15, -0.1) is 0 Å². The van der Waals surface area contributed by atoms with Gasteiger partial charge in [0, 0.05) is 9.80 Å². The van der Waals surface area contributed by atoms with Gasteiger partial charge in [-0.3, -0.25) is 9.80 Å². The Hall–Kier alpha value is -2.53. The van der Waals surface area contributed by atoms with Gasteiger partial charge in [0.1, 0.15) is 0 Å². The summed E-state index contributed by atoms with van der Waals surface area (Å²) in [4.78, 5) is 13.6. The number of benzene rings is 2. The van der Waals surface area contributed by atoms with E-state index >= 15 is 0 Å². The fourth-order valence-corrected chi connectivity index (χ4v) is 3.06. The zero-order valence-electron chi connectivity index (χ0n) is 11.8. The SMILES string of the molecule is NC(=O)C1=NN(c2ccccc2)CC=C1Sc1ccccc1. The molecule has 5 heteroatoms. The molecular weight excluding hydrogens is 294 g/mol. The van der Waals surface area contributed by atoms with E-state index in [1.165, 1.54) is 11.8 Å². The van der Waals surface area contributed by atoms with E-state index in [0.29, 0.717) is 12.3 Å². The quantitative estimate of drug-likeness (QED) is 0.944. The lowest BCUT2D eigenvalue weighted by Gasteiger charge is -2.23. The number of nitrogens with zero attached hydrogens (tertiary/aromatic N) is 2. The summed E-state index contributed by atoms with van der Waals surface area (Å²) in [5.41, 5.74) is 6.73. The number of hydrogen-bond donors (Lipinski definition) is 1. The second kappa shape index (κ2) is 6.49. The van der Waals surface area contributed by atoms with Crippen LogP contribution in [0.5, 0.6) is 0 Å². The van der Waals surface area contributed by atoms with Gasteiger partial charge in [-0.05, 0) is 30.3 Å². The first-order valence-electron chi connectivity index (χ1n) is 6.88. The van der Waals surface area contributed by atoms with E-state index in [-0.39, 0.29) is 0 Å². The molecule has 1 heterocycles. The number of thioether (sulfide) groups is 1. The first kappa shape index (κ1) is 14.4. The summed E-state index contributed by atoms with van der Waals surface area (Å²) < 4.78 is 0. The number of hydrazone groups is 1. The minimum absolute atomic E-state index is 0.295. The molecule has 0 spiro atoms. The van der Waals surface area contributed by atoms with Crippen molar-refractivity contribution in [2.45, 2.75) is 4.90 Å². The smallest absolute Gasteiger partial charge is 0.270 e. The first-order valence-corrected chi connectivity index (χ1v) is 7.70. The van der Waals surface area contributed by atoms with Crippen LogP contribution in [0, 0.1) is 0 Å². The number of anilines is 1. The number of carbonyl (C=O) groups is 1. The van der Waals surface area contributed by atoms with E-state index in [2.05, 4.69) is 5.10 Å². The number of para-hydroxylation sites is 1. The summed E-state index contributed by atoms with van der Waals surface area (Å²) in [6.07, 6.45) is 1.98. The topological polar surface area (TPSA) is 58.7 Å². The van der Waals surface area contributed by atoms with E-state index in [1.54, 1.807) is 5.01 Å². The standard InChI is InChI=1S/C17H15N3OS/c18-17(21)16-15(22-14-9-5-2-6-10-14)11-12-20(19-16)13-7-3-1-4-8-13/h1-11H,12H2,(H2,18,21). The van der Waals surface area contributed by atoms with Crippen LogP contribution in [0.1, 0.15) is 0 Å². The largest absolute Gasteiger partial charge is 0.364 e. The van der Waals surface area contributed by atoms with Gasteiger partial charge in [0.2, 0.25) is 0 Å². The fraction of sp³-hybridized carbons (Fsp3) is 0.0588. The molecule has 0 bridgehead atoms. The third-order valence-electron chi connectivity index (χ3n) is 3.16. The normalized spacial score (nSPS) is 14.3. The molecule has 1 aliphatic rings. The van der Waals surface area contributed by atoms with Gasteiger partial charge < -0.3 is 5.73 Å². The third kappa shape index (κ3) is 3.20. The molecule has 2 aromatic rings. The summed E-state index contributed by atoms with van der Waals surface area (Å²) in [7, 11) is 0. The molecule has 2 N–H and O–H groups in total. The molecule has 0 aromatic heterocycles. The van der Waals surface area contributed by atoms with Crippen molar-refractivity contribution in [2.75, 3.05) is 11.6 Å². The van der Waals surface area contributed by atoms with Crippen molar-refractivity contribution in [1.29, 1.82) is 0 Å². The molecular formula is C17H15N3OS. The predicted molar refractivity (Wildman–Crippen MR) is 90.8 cm³/mol. The molecule has 1 aliphatic heterocycles. The van der Waals surface area contributed by atoms with Crippen molar-refractivity contribution in [3.05, 3.63) is 71.6 Å². The average molecular weight is 309 g/mol. The molecule has 0 fully saturated rings. The van der Waals surface area contributed by atoms with Gasteiger partial charge in [-0.1, -0.05) is 48.2 Å². The van der Waals surface area contributed by atoms with Crippen molar-refractivity contribution in [3.8, 4) is 0 Å². The molecule has 0 unspecified atom stereocenters. The van der Waals surface area contributed by atoms with Crippen molar-refractivity contribution < 1.29 is 4.79 Å². The highest BCUT2D eigenvalue weighted by atomic mass is 32.2. The Labute approximate surface area is 133 Å². The van der Waals surface area contributed by atoms with Gasteiger partial charge >= 0.3 is 0 Å².